The number of hydrogen-bond acceptors (Lipinski definition) is 4. The first-order valence-corrected chi connectivity index (χ1v) is 7.77. The zero-order valence-corrected chi connectivity index (χ0v) is 12.2. The highest BCUT2D eigenvalue weighted by Crippen LogP contribution is 2.17. The molecule has 1 aromatic rings. The van der Waals surface area contributed by atoms with Gasteiger partial charge in [-0.15, -0.1) is 0 Å². The molecule has 0 unspecified atom stereocenters. The maximum atomic E-state index is 13.7. The largest absolute Gasteiger partial charge is 0.366 e. The Bertz CT molecular complexity index is 538. The highest BCUT2D eigenvalue weighted by atomic mass is 32.2. The number of carbonyl (C=O) groups excluding carboxylic acids is 1. The second kappa shape index (κ2) is 6.43. The van der Waals surface area contributed by atoms with E-state index in [1.165, 1.54) is 24.5 Å². The van der Waals surface area contributed by atoms with Crippen molar-refractivity contribution in [1.82, 2.24) is 4.90 Å². The maximum Gasteiger partial charge on any atom is 0.254 e. The van der Waals surface area contributed by atoms with Crippen LogP contribution >= 0.6 is 0 Å². The van der Waals surface area contributed by atoms with Crippen molar-refractivity contribution in [3.05, 3.63) is 24.0 Å². The van der Waals surface area contributed by atoms with Crippen LogP contribution in [0, 0.1) is 5.82 Å². The van der Waals surface area contributed by atoms with E-state index >= 15 is 0 Å². The zero-order valence-electron chi connectivity index (χ0n) is 11.4. The van der Waals surface area contributed by atoms with E-state index in [1.54, 1.807) is 0 Å². The van der Waals surface area contributed by atoms with E-state index in [1.807, 2.05) is 11.9 Å². The highest BCUT2D eigenvalue weighted by molar-refractivity contribution is 7.84. The number of ether oxygens (including phenoxy) is 1. The van der Waals surface area contributed by atoms with Crippen LogP contribution in [0.2, 0.25) is 0 Å². The fraction of sp³-hybridized carbons (Fsp3) is 0.462. The standard InChI is InChI=1S/C13H17FN2O3S/c1-16-5-6-19-11(8-16)13(17)15-9-3-4-12(20(2)18)10(14)7-9/h3-4,7,11H,5-6,8H2,1-2H3,(H,15,17)/t11-,20-/m0/s1. The number of amides is 1. The van der Waals surface area contributed by atoms with Gasteiger partial charge in [0.05, 0.1) is 22.3 Å². The molecule has 1 fully saturated rings. The van der Waals surface area contributed by atoms with Gasteiger partial charge in [0, 0.05) is 25.0 Å². The molecule has 0 saturated carbocycles. The van der Waals surface area contributed by atoms with E-state index in [-0.39, 0.29) is 10.8 Å². The van der Waals surface area contributed by atoms with Gasteiger partial charge in [-0.25, -0.2) is 4.39 Å². The molecular weight excluding hydrogens is 283 g/mol. The summed E-state index contributed by atoms with van der Waals surface area (Å²) in [5, 5.41) is 2.61. The van der Waals surface area contributed by atoms with Crippen LogP contribution in [0.4, 0.5) is 10.1 Å². The Labute approximate surface area is 119 Å². The van der Waals surface area contributed by atoms with Gasteiger partial charge in [0.2, 0.25) is 0 Å². The lowest BCUT2D eigenvalue weighted by molar-refractivity contribution is -0.132. The van der Waals surface area contributed by atoms with Gasteiger partial charge in [-0.1, -0.05) is 0 Å². The number of anilines is 1. The molecule has 2 atom stereocenters. The summed E-state index contributed by atoms with van der Waals surface area (Å²) >= 11 is 0. The van der Waals surface area contributed by atoms with E-state index in [2.05, 4.69) is 5.32 Å². The summed E-state index contributed by atoms with van der Waals surface area (Å²) in [7, 11) is 0.521. The maximum absolute atomic E-state index is 13.7. The molecule has 0 aliphatic carbocycles. The third-order valence-corrected chi connectivity index (χ3v) is 4.02. The zero-order chi connectivity index (χ0) is 14.7. The minimum atomic E-state index is -1.39. The summed E-state index contributed by atoms with van der Waals surface area (Å²) in [5.41, 5.74) is 0.332. The second-order valence-electron chi connectivity index (χ2n) is 4.71. The summed E-state index contributed by atoms with van der Waals surface area (Å²) < 4.78 is 30.3. The molecule has 2 rings (SSSR count). The van der Waals surface area contributed by atoms with Crippen LogP contribution < -0.4 is 5.32 Å². The van der Waals surface area contributed by atoms with E-state index in [0.29, 0.717) is 18.8 Å². The molecule has 1 amide bonds. The van der Waals surface area contributed by atoms with Crippen LogP contribution in [0.1, 0.15) is 0 Å². The second-order valence-corrected chi connectivity index (χ2v) is 6.06. The van der Waals surface area contributed by atoms with Gasteiger partial charge in [-0.3, -0.25) is 9.00 Å². The first kappa shape index (κ1) is 15.1. The van der Waals surface area contributed by atoms with Crippen LogP contribution in [0.15, 0.2) is 23.1 Å². The van der Waals surface area contributed by atoms with Gasteiger partial charge in [-0.05, 0) is 25.2 Å². The summed E-state index contributed by atoms with van der Waals surface area (Å²) in [5.74, 6) is -0.897. The topological polar surface area (TPSA) is 58.6 Å². The molecular formula is C13H17FN2O3S. The first-order chi connectivity index (χ1) is 9.47. The molecule has 0 spiro atoms. The third-order valence-electron chi connectivity index (χ3n) is 3.07. The van der Waals surface area contributed by atoms with Crippen molar-refractivity contribution < 1.29 is 18.1 Å². The number of nitrogens with one attached hydrogen (secondary N) is 1. The van der Waals surface area contributed by atoms with Gasteiger partial charge in [-0.2, -0.15) is 0 Å². The predicted molar refractivity (Wildman–Crippen MR) is 74.6 cm³/mol. The van der Waals surface area contributed by atoms with E-state index in [0.717, 1.165) is 6.54 Å². The lowest BCUT2D eigenvalue weighted by Crippen LogP contribution is -2.46. The van der Waals surface area contributed by atoms with Crippen molar-refractivity contribution >= 4 is 22.4 Å². The van der Waals surface area contributed by atoms with Gasteiger partial charge in [0.1, 0.15) is 11.9 Å². The lowest BCUT2D eigenvalue weighted by atomic mass is 10.2. The molecule has 1 aromatic carbocycles. The van der Waals surface area contributed by atoms with Crippen LogP contribution in [0.3, 0.4) is 0 Å². The monoisotopic (exact) mass is 300 g/mol. The minimum Gasteiger partial charge on any atom is -0.366 e. The summed E-state index contributed by atoms with van der Waals surface area (Å²) in [6.45, 7) is 1.79. The Balaban J connectivity index is 2.04. The van der Waals surface area contributed by atoms with Gasteiger partial charge in [0.15, 0.2) is 0 Å². The van der Waals surface area contributed by atoms with Crippen molar-refractivity contribution in [2.75, 3.05) is 38.3 Å². The number of nitrogens with zero attached hydrogens (tertiary/aromatic N) is 1. The summed E-state index contributed by atoms with van der Waals surface area (Å²) in [4.78, 5) is 14.1. The van der Waals surface area contributed by atoms with Crippen molar-refractivity contribution in [1.29, 1.82) is 0 Å². The molecule has 1 aliphatic rings. The van der Waals surface area contributed by atoms with Gasteiger partial charge >= 0.3 is 0 Å². The molecule has 1 saturated heterocycles. The van der Waals surface area contributed by atoms with Gasteiger partial charge < -0.3 is 15.0 Å². The van der Waals surface area contributed by atoms with Crippen LogP contribution in [0.5, 0.6) is 0 Å². The summed E-state index contributed by atoms with van der Waals surface area (Å²) in [6, 6.07) is 4.11. The Morgan fingerprint density at radius 1 is 1.55 bits per heavy atom. The number of likely N-dealkylation sites (N-methyl/N-ethyl adjacent to an activating group) is 1. The number of rotatable bonds is 3. The highest BCUT2D eigenvalue weighted by Gasteiger charge is 2.25. The minimum absolute atomic E-state index is 0.122. The molecule has 1 heterocycles. The van der Waals surface area contributed by atoms with Gasteiger partial charge in [0.25, 0.3) is 5.91 Å². The normalized spacial score (nSPS) is 21.4. The van der Waals surface area contributed by atoms with Crippen molar-refractivity contribution in [2.45, 2.75) is 11.0 Å². The fourth-order valence-electron chi connectivity index (χ4n) is 1.97. The Morgan fingerprint density at radius 3 is 2.90 bits per heavy atom. The number of carbonyl (C=O) groups is 1. The summed E-state index contributed by atoms with van der Waals surface area (Å²) in [6.07, 6.45) is 0.847. The first-order valence-electron chi connectivity index (χ1n) is 6.21. The van der Waals surface area contributed by atoms with Crippen LogP contribution in [-0.2, 0) is 20.3 Å². The molecule has 110 valence electrons. The van der Waals surface area contributed by atoms with Crippen molar-refractivity contribution in [3.63, 3.8) is 0 Å². The molecule has 0 bridgehead atoms. The average molecular weight is 300 g/mol. The Hall–Kier alpha value is -1.31. The number of benzene rings is 1. The lowest BCUT2D eigenvalue weighted by Gasteiger charge is -2.29. The van der Waals surface area contributed by atoms with E-state index in [4.69, 9.17) is 4.74 Å². The molecule has 5 nitrogen and oxygen atoms in total. The van der Waals surface area contributed by atoms with E-state index < -0.39 is 22.7 Å². The fourth-order valence-corrected chi connectivity index (χ4v) is 2.56. The SMILES string of the molecule is CN1CCO[C@H](C(=O)Nc2ccc([S@](C)=O)c(F)c2)C1. The molecule has 0 radical (unpaired) electrons. The Morgan fingerprint density at radius 2 is 2.30 bits per heavy atom. The quantitative estimate of drug-likeness (QED) is 0.898. The van der Waals surface area contributed by atoms with Crippen molar-refractivity contribution in [3.8, 4) is 0 Å². The van der Waals surface area contributed by atoms with Crippen LogP contribution in [-0.4, -0.2) is 54.1 Å². The third kappa shape index (κ3) is 3.62. The number of hydrogen-bond donors (Lipinski definition) is 1. The molecule has 1 N–H and O–H groups in total. The van der Waals surface area contributed by atoms with E-state index in [9.17, 15) is 13.4 Å². The van der Waals surface area contributed by atoms with Crippen LogP contribution in [0.25, 0.3) is 0 Å². The number of morpholine rings is 1. The smallest absolute Gasteiger partial charge is 0.254 e. The Kier molecular flexibility index (Phi) is 4.85. The molecule has 1 aliphatic heterocycles. The molecule has 7 heteroatoms. The molecule has 20 heavy (non-hydrogen) atoms. The number of halogens is 1. The predicted octanol–water partition coefficient (Wildman–Crippen LogP) is 0.832. The molecule has 0 aromatic heterocycles. The average Bonchev–Trinajstić information content (AvgIpc) is 2.38. The van der Waals surface area contributed by atoms with Crippen molar-refractivity contribution in [2.24, 2.45) is 0 Å².